The maximum atomic E-state index is 12.2. The molecule has 1 amide bonds. The monoisotopic (exact) mass is 415 g/mol. The van der Waals surface area contributed by atoms with Crippen LogP contribution in [0.1, 0.15) is 37.4 Å². The van der Waals surface area contributed by atoms with Gasteiger partial charge in [-0.25, -0.2) is 18.1 Å². The molecule has 1 N–H and O–H groups in total. The molecular formula is C20H25N5O3S. The molecule has 0 aliphatic rings. The van der Waals surface area contributed by atoms with Crippen LogP contribution >= 0.6 is 0 Å². The van der Waals surface area contributed by atoms with E-state index in [-0.39, 0.29) is 5.75 Å². The van der Waals surface area contributed by atoms with Gasteiger partial charge < -0.3 is 0 Å². The SMILES string of the molecule is CCCCCS(=O)(=O)NC(=O)C=Cc1c(C)nn(C)c1-n1ccc2cccnc21. The third-order valence-corrected chi connectivity index (χ3v) is 5.93. The first-order valence-corrected chi connectivity index (χ1v) is 11.2. The number of aryl methyl sites for hydroxylation is 2. The highest BCUT2D eigenvalue weighted by molar-refractivity contribution is 7.90. The van der Waals surface area contributed by atoms with Crippen LogP contribution < -0.4 is 4.72 Å². The van der Waals surface area contributed by atoms with E-state index in [2.05, 4.69) is 14.8 Å². The minimum Gasteiger partial charge on any atom is -0.285 e. The van der Waals surface area contributed by atoms with Crippen molar-refractivity contribution in [2.45, 2.75) is 33.1 Å². The Bertz CT molecular complexity index is 1160. The lowest BCUT2D eigenvalue weighted by molar-refractivity contribution is -0.114. The highest BCUT2D eigenvalue weighted by Gasteiger charge is 2.17. The molecule has 0 radical (unpaired) electrons. The molecule has 0 aliphatic heterocycles. The third kappa shape index (κ3) is 4.73. The van der Waals surface area contributed by atoms with Crippen molar-refractivity contribution in [1.29, 1.82) is 0 Å². The summed E-state index contributed by atoms with van der Waals surface area (Å²) in [6.07, 6.45) is 8.67. The Kier molecular flexibility index (Phi) is 6.17. The van der Waals surface area contributed by atoms with Gasteiger partial charge in [-0.1, -0.05) is 19.8 Å². The fraction of sp³-hybridized carbons (Fsp3) is 0.350. The lowest BCUT2D eigenvalue weighted by Gasteiger charge is -2.07. The molecule has 154 valence electrons. The molecular weight excluding hydrogens is 390 g/mol. The van der Waals surface area contributed by atoms with Crippen LogP contribution in [-0.4, -0.2) is 39.4 Å². The van der Waals surface area contributed by atoms with Gasteiger partial charge in [-0.15, -0.1) is 0 Å². The van der Waals surface area contributed by atoms with E-state index >= 15 is 0 Å². The van der Waals surface area contributed by atoms with E-state index in [1.165, 1.54) is 6.08 Å². The fourth-order valence-electron chi connectivity index (χ4n) is 3.22. The average molecular weight is 416 g/mol. The van der Waals surface area contributed by atoms with E-state index in [4.69, 9.17) is 0 Å². The normalized spacial score (nSPS) is 12.1. The summed E-state index contributed by atoms with van der Waals surface area (Å²) >= 11 is 0. The number of rotatable bonds is 8. The number of aromatic nitrogens is 4. The molecule has 0 saturated heterocycles. The first-order valence-electron chi connectivity index (χ1n) is 9.51. The molecule has 0 spiro atoms. The predicted octanol–water partition coefficient (Wildman–Crippen LogP) is 2.72. The summed E-state index contributed by atoms with van der Waals surface area (Å²) in [5, 5.41) is 5.43. The number of carbonyl (C=O) groups is 1. The van der Waals surface area contributed by atoms with E-state index in [9.17, 15) is 13.2 Å². The third-order valence-electron chi connectivity index (χ3n) is 4.59. The Balaban J connectivity index is 1.86. The summed E-state index contributed by atoms with van der Waals surface area (Å²) < 4.78 is 29.7. The Hall–Kier alpha value is -2.94. The lowest BCUT2D eigenvalue weighted by atomic mass is 10.2. The van der Waals surface area contributed by atoms with Crippen LogP contribution in [0, 0.1) is 6.92 Å². The van der Waals surface area contributed by atoms with Crippen molar-refractivity contribution in [1.82, 2.24) is 24.1 Å². The van der Waals surface area contributed by atoms with Crippen molar-refractivity contribution >= 4 is 33.0 Å². The molecule has 0 saturated carbocycles. The van der Waals surface area contributed by atoms with Crippen LogP contribution in [0.15, 0.2) is 36.7 Å². The summed E-state index contributed by atoms with van der Waals surface area (Å²) in [4.78, 5) is 16.6. The van der Waals surface area contributed by atoms with Gasteiger partial charge in [-0.05, 0) is 37.6 Å². The number of sulfonamides is 1. The smallest absolute Gasteiger partial charge is 0.257 e. The summed E-state index contributed by atoms with van der Waals surface area (Å²) in [5.41, 5.74) is 2.21. The average Bonchev–Trinajstić information content (AvgIpc) is 3.19. The number of hydrogen-bond acceptors (Lipinski definition) is 5. The molecule has 0 aliphatic carbocycles. The van der Waals surface area contributed by atoms with Gasteiger partial charge in [0.2, 0.25) is 10.0 Å². The van der Waals surface area contributed by atoms with Crippen LogP contribution in [0.5, 0.6) is 0 Å². The molecule has 3 aromatic heterocycles. The molecule has 0 atom stereocenters. The van der Waals surface area contributed by atoms with E-state index in [0.717, 1.165) is 35.4 Å². The summed E-state index contributed by atoms with van der Waals surface area (Å²) in [7, 11) is -1.82. The van der Waals surface area contributed by atoms with Gasteiger partial charge in [0.15, 0.2) is 0 Å². The van der Waals surface area contributed by atoms with Crippen LogP contribution in [-0.2, 0) is 21.9 Å². The second-order valence-corrected chi connectivity index (χ2v) is 8.72. The number of unbranched alkanes of at least 4 members (excludes halogenated alkanes) is 2. The second-order valence-electron chi connectivity index (χ2n) is 6.87. The number of hydrogen-bond donors (Lipinski definition) is 1. The largest absolute Gasteiger partial charge is 0.285 e. The van der Waals surface area contributed by atoms with Crippen molar-refractivity contribution < 1.29 is 13.2 Å². The van der Waals surface area contributed by atoms with Crippen molar-refractivity contribution in [2.75, 3.05) is 5.75 Å². The first-order chi connectivity index (χ1) is 13.8. The minimum absolute atomic E-state index is 0.0569. The van der Waals surface area contributed by atoms with Gasteiger partial charge in [0.25, 0.3) is 5.91 Å². The molecule has 9 heteroatoms. The zero-order valence-electron chi connectivity index (χ0n) is 16.8. The summed E-state index contributed by atoms with van der Waals surface area (Å²) in [6, 6.07) is 5.79. The van der Waals surface area contributed by atoms with Gasteiger partial charge >= 0.3 is 0 Å². The minimum atomic E-state index is -3.63. The molecule has 8 nitrogen and oxygen atoms in total. The van der Waals surface area contributed by atoms with Gasteiger partial charge in [0.1, 0.15) is 11.5 Å². The number of nitrogens with zero attached hydrogens (tertiary/aromatic N) is 4. The zero-order valence-corrected chi connectivity index (χ0v) is 17.6. The van der Waals surface area contributed by atoms with Crippen LogP contribution in [0.4, 0.5) is 0 Å². The predicted molar refractivity (Wildman–Crippen MR) is 113 cm³/mol. The summed E-state index contributed by atoms with van der Waals surface area (Å²) in [6.45, 7) is 3.83. The quantitative estimate of drug-likeness (QED) is 0.450. The highest BCUT2D eigenvalue weighted by Crippen LogP contribution is 2.24. The summed E-state index contributed by atoms with van der Waals surface area (Å²) in [5.74, 6) is 0.00996. The zero-order chi connectivity index (χ0) is 21.0. The van der Waals surface area contributed by atoms with E-state index < -0.39 is 15.9 Å². The van der Waals surface area contributed by atoms with Crippen molar-refractivity contribution in [3.63, 3.8) is 0 Å². The maximum absolute atomic E-state index is 12.2. The Morgan fingerprint density at radius 2 is 2.07 bits per heavy atom. The molecule has 0 aromatic carbocycles. The van der Waals surface area contributed by atoms with Crippen molar-refractivity contribution in [3.8, 4) is 5.82 Å². The van der Waals surface area contributed by atoms with Gasteiger partial charge in [0, 0.05) is 36.5 Å². The van der Waals surface area contributed by atoms with Gasteiger partial charge in [-0.2, -0.15) is 5.10 Å². The highest BCUT2D eigenvalue weighted by atomic mass is 32.2. The Labute approximate surface area is 170 Å². The number of carbonyl (C=O) groups excluding carboxylic acids is 1. The van der Waals surface area contributed by atoms with Crippen molar-refractivity contribution in [2.24, 2.45) is 7.05 Å². The molecule has 3 aromatic rings. The first kappa shape index (κ1) is 20.8. The van der Waals surface area contributed by atoms with Crippen LogP contribution in [0.2, 0.25) is 0 Å². The van der Waals surface area contributed by atoms with Crippen LogP contribution in [0.3, 0.4) is 0 Å². The molecule has 3 rings (SSSR count). The molecule has 29 heavy (non-hydrogen) atoms. The molecule has 3 heterocycles. The number of fused-ring (bicyclic) bond motifs is 1. The number of pyridine rings is 1. The Morgan fingerprint density at radius 3 is 2.83 bits per heavy atom. The van der Waals surface area contributed by atoms with Crippen LogP contribution in [0.25, 0.3) is 22.9 Å². The fourth-order valence-corrected chi connectivity index (χ4v) is 4.28. The molecule has 0 fully saturated rings. The van der Waals surface area contributed by atoms with Gasteiger partial charge in [0.05, 0.1) is 11.4 Å². The topological polar surface area (TPSA) is 98.9 Å². The van der Waals surface area contributed by atoms with Crippen molar-refractivity contribution in [3.05, 3.63) is 47.9 Å². The molecule has 0 bridgehead atoms. The number of amides is 1. The second kappa shape index (κ2) is 8.60. The Morgan fingerprint density at radius 1 is 1.28 bits per heavy atom. The van der Waals surface area contributed by atoms with E-state index in [1.54, 1.807) is 17.0 Å². The molecule has 0 unspecified atom stereocenters. The number of nitrogens with one attached hydrogen (secondary N) is 1. The van der Waals surface area contributed by atoms with Gasteiger partial charge in [-0.3, -0.25) is 14.0 Å². The van der Waals surface area contributed by atoms with E-state index in [0.29, 0.717) is 12.0 Å². The maximum Gasteiger partial charge on any atom is 0.257 e. The van der Waals surface area contributed by atoms with E-state index in [1.807, 2.05) is 49.9 Å². The standard InChI is InChI=1S/C20H25N5O3S/c1-4-5-6-14-29(27,28)23-18(26)10-9-17-15(2)22-24(3)20(17)25-13-11-16-8-7-12-21-19(16)25/h7-13H,4-6,14H2,1-3H3,(H,23,26). The lowest BCUT2D eigenvalue weighted by Crippen LogP contribution is -2.31.